The summed E-state index contributed by atoms with van der Waals surface area (Å²) < 4.78 is 10.9. The van der Waals surface area contributed by atoms with Gasteiger partial charge in [0.2, 0.25) is 0 Å². The van der Waals surface area contributed by atoms with Crippen molar-refractivity contribution >= 4 is 22.8 Å². The van der Waals surface area contributed by atoms with E-state index >= 15 is 0 Å². The van der Waals surface area contributed by atoms with Gasteiger partial charge in [-0.05, 0) is 42.0 Å². The molecule has 0 bridgehead atoms. The number of cyclic esters (lactones) is 1. The van der Waals surface area contributed by atoms with E-state index in [4.69, 9.17) is 9.47 Å². The molecule has 28 heavy (non-hydrogen) atoms. The maximum atomic E-state index is 12.9. The quantitative estimate of drug-likeness (QED) is 0.711. The van der Waals surface area contributed by atoms with Gasteiger partial charge in [-0.25, -0.2) is 9.59 Å². The molecule has 2 aromatic rings. The van der Waals surface area contributed by atoms with Crippen LogP contribution in [-0.4, -0.2) is 36.2 Å². The zero-order chi connectivity index (χ0) is 19.7. The van der Waals surface area contributed by atoms with Gasteiger partial charge < -0.3 is 9.47 Å². The highest BCUT2D eigenvalue weighted by Gasteiger charge is 2.52. The van der Waals surface area contributed by atoms with Crippen LogP contribution in [0, 0.1) is 5.92 Å². The summed E-state index contributed by atoms with van der Waals surface area (Å²) in [7, 11) is 1.38. The third-order valence-corrected chi connectivity index (χ3v) is 6.31. The van der Waals surface area contributed by atoms with Crippen molar-refractivity contribution in [1.29, 1.82) is 0 Å². The van der Waals surface area contributed by atoms with Crippen LogP contribution >= 0.6 is 0 Å². The zero-order valence-electron chi connectivity index (χ0n) is 16.5. The second kappa shape index (κ2) is 7.82. The Labute approximate surface area is 165 Å². The number of amides is 1. The molecule has 5 heteroatoms. The molecule has 1 aliphatic carbocycles. The van der Waals surface area contributed by atoms with Gasteiger partial charge in [-0.3, -0.25) is 4.90 Å². The molecule has 1 saturated heterocycles. The Morgan fingerprint density at radius 1 is 1.11 bits per heavy atom. The van der Waals surface area contributed by atoms with Gasteiger partial charge in [-0.15, -0.1) is 0 Å². The number of methoxy groups -OCH3 is 1. The summed E-state index contributed by atoms with van der Waals surface area (Å²) in [6.07, 6.45) is 4.56. The first-order valence-corrected chi connectivity index (χ1v) is 10.2. The highest BCUT2D eigenvalue weighted by molar-refractivity contribution is 5.88. The van der Waals surface area contributed by atoms with Crippen LogP contribution < -0.4 is 0 Å². The van der Waals surface area contributed by atoms with Gasteiger partial charge in [0.15, 0.2) is 6.04 Å². The lowest BCUT2D eigenvalue weighted by atomic mass is 9.82. The molecule has 0 radical (unpaired) electrons. The molecule has 4 rings (SSSR count). The number of esters is 1. The van der Waals surface area contributed by atoms with Gasteiger partial charge in [-0.1, -0.05) is 61.7 Å². The highest BCUT2D eigenvalue weighted by atomic mass is 16.6. The van der Waals surface area contributed by atoms with E-state index < -0.39 is 24.2 Å². The summed E-state index contributed by atoms with van der Waals surface area (Å²) >= 11 is 0. The third-order valence-electron chi connectivity index (χ3n) is 6.31. The molecule has 1 heterocycles. The zero-order valence-corrected chi connectivity index (χ0v) is 16.5. The van der Waals surface area contributed by atoms with E-state index in [1.807, 2.05) is 37.3 Å². The molecule has 0 spiro atoms. The molecule has 1 aliphatic heterocycles. The Morgan fingerprint density at radius 2 is 1.82 bits per heavy atom. The van der Waals surface area contributed by atoms with Crippen molar-refractivity contribution in [3.05, 3.63) is 48.0 Å². The van der Waals surface area contributed by atoms with Crippen molar-refractivity contribution in [3.8, 4) is 0 Å². The van der Waals surface area contributed by atoms with Gasteiger partial charge in [0, 0.05) is 0 Å². The van der Waals surface area contributed by atoms with Crippen LogP contribution in [0.2, 0.25) is 0 Å². The lowest BCUT2D eigenvalue weighted by Gasteiger charge is -2.32. The number of fused-ring (bicyclic) bond motifs is 1. The average Bonchev–Trinajstić information content (AvgIpc) is 3.10. The topological polar surface area (TPSA) is 55.8 Å². The maximum absolute atomic E-state index is 12.9. The Hall–Kier alpha value is -2.56. The molecule has 2 aromatic carbocycles. The molecule has 0 N–H and O–H groups in total. The van der Waals surface area contributed by atoms with E-state index in [1.165, 1.54) is 13.5 Å². The van der Waals surface area contributed by atoms with Gasteiger partial charge in [-0.2, -0.15) is 0 Å². The standard InChI is InChI=1S/C23H27NO4/c1-15(18-14-8-12-16-9-6-7-13-19(16)18)24-20(22(25)27-2)21(28-23(24)26)17-10-4-3-5-11-17/h6-9,12-15,17,20-21H,3-5,10-11H2,1-2H3. The minimum atomic E-state index is -0.699. The fourth-order valence-corrected chi connectivity index (χ4v) is 4.86. The van der Waals surface area contributed by atoms with Gasteiger partial charge in [0.1, 0.15) is 6.10 Å². The number of hydrogen-bond acceptors (Lipinski definition) is 4. The molecule has 5 nitrogen and oxygen atoms in total. The summed E-state index contributed by atoms with van der Waals surface area (Å²) in [5.41, 5.74) is 1.01. The summed E-state index contributed by atoms with van der Waals surface area (Å²) in [5.74, 6) is -0.181. The Morgan fingerprint density at radius 3 is 2.57 bits per heavy atom. The normalized spacial score (nSPS) is 24.2. The lowest BCUT2D eigenvalue weighted by molar-refractivity contribution is -0.148. The first-order chi connectivity index (χ1) is 13.6. The van der Waals surface area contributed by atoms with Crippen LogP contribution in [0.25, 0.3) is 10.8 Å². The minimum Gasteiger partial charge on any atom is -0.467 e. The number of rotatable bonds is 4. The van der Waals surface area contributed by atoms with Crippen molar-refractivity contribution in [1.82, 2.24) is 4.90 Å². The third kappa shape index (κ3) is 3.23. The Balaban J connectivity index is 1.71. The van der Waals surface area contributed by atoms with E-state index in [-0.39, 0.29) is 12.0 Å². The van der Waals surface area contributed by atoms with Crippen LogP contribution in [0.4, 0.5) is 4.79 Å². The number of ether oxygens (including phenoxy) is 2. The largest absolute Gasteiger partial charge is 0.467 e. The summed E-state index contributed by atoms with van der Waals surface area (Å²) in [6, 6.07) is 13.2. The van der Waals surface area contributed by atoms with E-state index in [2.05, 4.69) is 12.1 Å². The minimum absolute atomic E-state index is 0.214. The van der Waals surface area contributed by atoms with E-state index in [1.54, 1.807) is 4.90 Å². The Bertz CT molecular complexity index is 869. The van der Waals surface area contributed by atoms with Crippen LogP contribution in [0.3, 0.4) is 0 Å². The second-order valence-corrected chi connectivity index (χ2v) is 7.87. The van der Waals surface area contributed by atoms with Crippen LogP contribution in [0.5, 0.6) is 0 Å². The van der Waals surface area contributed by atoms with Crippen molar-refractivity contribution in [2.75, 3.05) is 7.11 Å². The number of carbonyl (C=O) groups excluding carboxylic acids is 2. The van der Waals surface area contributed by atoms with Crippen LogP contribution in [0.15, 0.2) is 42.5 Å². The molecule has 3 atom stereocenters. The van der Waals surface area contributed by atoms with Crippen molar-refractivity contribution in [2.45, 2.75) is 57.2 Å². The smallest absolute Gasteiger partial charge is 0.411 e. The van der Waals surface area contributed by atoms with Crippen molar-refractivity contribution < 1.29 is 19.1 Å². The van der Waals surface area contributed by atoms with Gasteiger partial charge >= 0.3 is 12.1 Å². The molecular formula is C23H27NO4. The fraction of sp³-hybridized carbons (Fsp3) is 0.478. The van der Waals surface area contributed by atoms with E-state index in [0.717, 1.165) is 42.0 Å². The van der Waals surface area contributed by atoms with E-state index in [9.17, 15) is 9.59 Å². The van der Waals surface area contributed by atoms with Gasteiger partial charge in [0.05, 0.1) is 13.2 Å². The monoisotopic (exact) mass is 381 g/mol. The predicted molar refractivity (Wildman–Crippen MR) is 107 cm³/mol. The summed E-state index contributed by atoms with van der Waals surface area (Å²) in [5, 5.41) is 2.19. The van der Waals surface area contributed by atoms with Gasteiger partial charge in [0.25, 0.3) is 0 Å². The summed E-state index contributed by atoms with van der Waals surface area (Å²) in [4.78, 5) is 27.2. The molecule has 2 fully saturated rings. The SMILES string of the molecule is COC(=O)C1C(C2CCCCC2)OC(=O)N1C(C)c1cccc2ccccc12. The van der Waals surface area contributed by atoms with Crippen LogP contribution in [0.1, 0.15) is 50.6 Å². The number of carbonyl (C=O) groups is 2. The molecule has 1 saturated carbocycles. The fourth-order valence-electron chi connectivity index (χ4n) is 4.86. The molecule has 1 amide bonds. The average molecular weight is 381 g/mol. The first-order valence-electron chi connectivity index (χ1n) is 10.2. The Kier molecular flexibility index (Phi) is 5.25. The molecule has 148 valence electrons. The van der Waals surface area contributed by atoms with Crippen molar-refractivity contribution in [3.63, 3.8) is 0 Å². The summed E-state index contributed by atoms with van der Waals surface area (Å²) in [6.45, 7) is 1.96. The number of nitrogens with zero attached hydrogens (tertiary/aromatic N) is 1. The molecule has 2 aliphatic rings. The molecule has 0 aromatic heterocycles. The number of benzene rings is 2. The maximum Gasteiger partial charge on any atom is 0.411 e. The lowest BCUT2D eigenvalue weighted by Crippen LogP contribution is -2.47. The van der Waals surface area contributed by atoms with Crippen molar-refractivity contribution in [2.24, 2.45) is 5.92 Å². The number of hydrogen-bond donors (Lipinski definition) is 0. The second-order valence-electron chi connectivity index (χ2n) is 7.87. The molecular weight excluding hydrogens is 354 g/mol. The first kappa shape index (κ1) is 18.8. The van der Waals surface area contributed by atoms with Crippen LogP contribution in [-0.2, 0) is 14.3 Å². The molecule has 3 unspecified atom stereocenters. The van der Waals surface area contributed by atoms with E-state index in [0.29, 0.717) is 0 Å². The predicted octanol–water partition coefficient (Wildman–Crippen LogP) is 4.84. The highest BCUT2D eigenvalue weighted by Crippen LogP contribution is 2.39.